The second kappa shape index (κ2) is 8.04. The van der Waals surface area contributed by atoms with Gasteiger partial charge in [0, 0.05) is 21.2 Å². The summed E-state index contributed by atoms with van der Waals surface area (Å²) in [6.07, 6.45) is -2.19. The largest absolute Gasteiger partial charge is 0.451 e. The number of hydrogen-bond acceptors (Lipinski definition) is 5. The Kier molecular flexibility index (Phi) is 5.59. The Bertz CT molecular complexity index is 1220. The number of aryl methyl sites for hydroxylation is 1. The molecule has 0 N–H and O–H groups in total. The molecule has 1 aliphatic rings. The Labute approximate surface area is 184 Å². The van der Waals surface area contributed by atoms with Crippen LogP contribution >= 0.6 is 23.2 Å². The van der Waals surface area contributed by atoms with Crippen LogP contribution in [0, 0.1) is 6.92 Å². The van der Waals surface area contributed by atoms with Gasteiger partial charge in [0.25, 0.3) is 10.1 Å². The Hall–Kier alpha value is -2.38. The van der Waals surface area contributed by atoms with Crippen LogP contribution < -0.4 is 0 Å². The van der Waals surface area contributed by atoms with Crippen LogP contribution in [0.5, 0.6) is 0 Å². The number of fused-ring (bicyclic) bond motifs is 1. The van der Waals surface area contributed by atoms with Gasteiger partial charge < -0.3 is 4.74 Å². The van der Waals surface area contributed by atoms with E-state index in [1.165, 1.54) is 18.2 Å². The summed E-state index contributed by atoms with van der Waals surface area (Å²) >= 11 is 12.4. The van der Waals surface area contributed by atoms with Crippen molar-refractivity contribution in [3.05, 3.63) is 99.0 Å². The SMILES string of the molecule is Cc1ccc(S(=O)(=O)OC(c2ccc(Cl)cc2Cl)C2OC(=O)c3ccccc32)cc1. The molecule has 0 saturated heterocycles. The van der Waals surface area contributed by atoms with Gasteiger partial charge in [0.2, 0.25) is 0 Å². The number of rotatable bonds is 5. The second-order valence-electron chi connectivity index (χ2n) is 6.86. The monoisotopic (exact) mass is 462 g/mol. The molecule has 3 aromatic carbocycles. The number of cyclic esters (lactones) is 1. The summed E-state index contributed by atoms with van der Waals surface area (Å²) in [6, 6.07) is 17.6. The molecule has 0 aromatic heterocycles. The minimum atomic E-state index is -4.19. The zero-order valence-corrected chi connectivity index (χ0v) is 18.0. The van der Waals surface area contributed by atoms with Gasteiger partial charge in [-0.2, -0.15) is 8.42 Å². The normalized spacial score (nSPS) is 16.8. The number of hydrogen-bond donors (Lipinski definition) is 0. The summed E-state index contributed by atoms with van der Waals surface area (Å²) in [5.41, 5.74) is 2.13. The molecule has 4 rings (SSSR count). The number of esters is 1. The van der Waals surface area contributed by atoms with Crippen molar-refractivity contribution in [2.75, 3.05) is 0 Å². The van der Waals surface area contributed by atoms with E-state index < -0.39 is 28.3 Å². The first-order chi connectivity index (χ1) is 14.3. The van der Waals surface area contributed by atoms with Crippen LogP contribution in [0.25, 0.3) is 0 Å². The molecular formula is C22H16Cl2O5S. The van der Waals surface area contributed by atoms with Gasteiger partial charge in [-0.15, -0.1) is 0 Å². The smallest absolute Gasteiger partial charge is 0.339 e. The molecule has 154 valence electrons. The highest BCUT2D eigenvalue weighted by atomic mass is 35.5. The maximum Gasteiger partial charge on any atom is 0.339 e. The van der Waals surface area contributed by atoms with E-state index in [1.54, 1.807) is 48.5 Å². The van der Waals surface area contributed by atoms with Crippen LogP contribution in [-0.2, 0) is 19.0 Å². The Morgan fingerprint density at radius 2 is 1.70 bits per heavy atom. The summed E-state index contributed by atoms with van der Waals surface area (Å²) in [7, 11) is -4.19. The molecule has 1 heterocycles. The Morgan fingerprint density at radius 3 is 2.40 bits per heavy atom. The molecule has 0 aliphatic carbocycles. The van der Waals surface area contributed by atoms with E-state index in [0.29, 0.717) is 21.7 Å². The van der Waals surface area contributed by atoms with Gasteiger partial charge in [-0.05, 0) is 37.3 Å². The fourth-order valence-electron chi connectivity index (χ4n) is 3.29. The van der Waals surface area contributed by atoms with Crippen LogP contribution in [0.3, 0.4) is 0 Å². The predicted octanol–water partition coefficient (Wildman–Crippen LogP) is 5.66. The van der Waals surface area contributed by atoms with Crippen molar-refractivity contribution in [1.29, 1.82) is 0 Å². The third-order valence-corrected chi connectivity index (χ3v) is 6.68. The van der Waals surface area contributed by atoms with E-state index in [4.69, 9.17) is 32.1 Å². The molecule has 5 nitrogen and oxygen atoms in total. The van der Waals surface area contributed by atoms with Gasteiger partial charge in [-0.3, -0.25) is 4.18 Å². The molecule has 2 atom stereocenters. The molecule has 0 amide bonds. The third-order valence-electron chi connectivity index (χ3n) is 4.81. The van der Waals surface area contributed by atoms with Crippen molar-refractivity contribution >= 4 is 39.3 Å². The summed E-state index contributed by atoms with van der Waals surface area (Å²) in [5.74, 6) is -0.554. The lowest BCUT2D eigenvalue weighted by Gasteiger charge is -2.24. The molecule has 0 saturated carbocycles. The zero-order valence-electron chi connectivity index (χ0n) is 15.7. The van der Waals surface area contributed by atoms with E-state index in [0.717, 1.165) is 5.56 Å². The highest BCUT2D eigenvalue weighted by Crippen LogP contribution is 2.45. The molecule has 0 radical (unpaired) electrons. The highest BCUT2D eigenvalue weighted by Gasteiger charge is 2.41. The summed E-state index contributed by atoms with van der Waals surface area (Å²) in [5, 5.41) is 0.583. The van der Waals surface area contributed by atoms with Gasteiger partial charge >= 0.3 is 5.97 Å². The minimum absolute atomic E-state index is 0.0132. The average molecular weight is 463 g/mol. The molecule has 8 heteroatoms. The van der Waals surface area contributed by atoms with Crippen molar-refractivity contribution in [3.8, 4) is 0 Å². The van der Waals surface area contributed by atoms with Crippen LogP contribution in [0.2, 0.25) is 10.0 Å². The molecule has 1 aliphatic heterocycles. The van der Waals surface area contributed by atoms with Crippen molar-refractivity contribution < 1.29 is 22.1 Å². The van der Waals surface area contributed by atoms with Crippen molar-refractivity contribution in [2.24, 2.45) is 0 Å². The van der Waals surface area contributed by atoms with Gasteiger partial charge in [-0.25, -0.2) is 4.79 Å². The van der Waals surface area contributed by atoms with Crippen LogP contribution in [0.15, 0.2) is 71.6 Å². The van der Waals surface area contributed by atoms with E-state index in [9.17, 15) is 13.2 Å². The van der Waals surface area contributed by atoms with Crippen LogP contribution in [-0.4, -0.2) is 14.4 Å². The molecule has 0 bridgehead atoms. The third kappa shape index (κ3) is 3.96. The predicted molar refractivity (Wildman–Crippen MR) is 113 cm³/mol. The van der Waals surface area contributed by atoms with Gasteiger partial charge in [-0.1, -0.05) is 65.2 Å². The number of ether oxygens (including phenoxy) is 1. The Balaban J connectivity index is 1.81. The maximum atomic E-state index is 13.0. The first kappa shape index (κ1) is 20.9. The molecule has 0 spiro atoms. The van der Waals surface area contributed by atoms with E-state index in [-0.39, 0.29) is 9.92 Å². The molecular weight excluding hydrogens is 447 g/mol. The van der Waals surface area contributed by atoms with Gasteiger partial charge in [0.1, 0.15) is 6.10 Å². The average Bonchev–Trinajstić information content (AvgIpc) is 3.04. The number of carbonyl (C=O) groups is 1. The molecule has 3 aromatic rings. The van der Waals surface area contributed by atoms with Crippen molar-refractivity contribution in [3.63, 3.8) is 0 Å². The van der Waals surface area contributed by atoms with E-state index in [1.807, 2.05) is 6.92 Å². The van der Waals surface area contributed by atoms with Gasteiger partial charge in [0.15, 0.2) is 6.10 Å². The second-order valence-corrected chi connectivity index (χ2v) is 9.28. The summed E-state index contributed by atoms with van der Waals surface area (Å²) < 4.78 is 37.2. The van der Waals surface area contributed by atoms with E-state index >= 15 is 0 Å². The summed E-state index contributed by atoms with van der Waals surface area (Å²) in [6.45, 7) is 1.85. The molecule has 30 heavy (non-hydrogen) atoms. The fraction of sp³-hybridized carbons (Fsp3) is 0.136. The lowest BCUT2D eigenvalue weighted by atomic mass is 9.97. The fourth-order valence-corrected chi connectivity index (χ4v) is 4.87. The summed E-state index contributed by atoms with van der Waals surface area (Å²) in [4.78, 5) is 12.3. The standard InChI is InChI=1S/C22H16Cl2O5S/c1-13-6-9-15(10-7-13)30(26,27)29-21(18-11-8-14(23)12-19(18)24)20-16-4-2-3-5-17(16)22(25)28-20/h2-12,20-21H,1H3. The van der Waals surface area contributed by atoms with Gasteiger partial charge in [0.05, 0.1) is 10.5 Å². The minimum Gasteiger partial charge on any atom is -0.451 e. The first-order valence-electron chi connectivity index (χ1n) is 9.01. The number of halogens is 2. The number of carbonyl (C=O) groups excluding carboxylic acids is 1. The zero-order chi connectivity index (χ0) is 21.5. The topological polar surface area (TPSA) is 69.7 Å². The molecule has 0 fully saturated rings. The van der Waals surface area contributed by atoms with Crippen molar-refractivity contribution in [1.82, 2.24) is 0 Å². The van der Waals surface area contributed by atoms with Crippen LogP contribution in [0.4, 0.5) is 0 Å². The Morgan fingerprint density at radius 1 is 1.00 bits per heavy atom. The molecule has 2 unspecified atom stereocenters. The highest BCUT2D eigenvalue weighted by molar-refractivity contribution is 7.86. The maximum absolute atomic E-state index is 13.0. The van der Waals surface area contributed by atoms with Crippen LogP contribution in [0.1, 0.15) is 39.3 Å². The quantitative estimate of drug-likeness (QED) is 0.361. The van der Waals surface area contributed by atoms with E-state index in [2.05, 4.69) is 0 Å². The number of benzene rings is 3. The lowest BCUT2D eigenvalue weighted by Crippen LogP contribution is -2.20. The van der Waals surface area contributed by atoms with Crippen molar-refractivity contribution in [2.45, 2.75) is 24.0 Å². The first-order valence-corrected chi connectivity index (χ1v) is 11.2. The lowest BCUT2D eigenvalue weighted by molar-refractivity contribution is 0.000810.